The first kappa shape index (κ1) is 18.8. The maximum Gasteiger partial charge on any atom is 0.271 e. The number of nitrogens with one attached hydrogen (secondary N) is 1. The lowest BCUT2D eigenvalue weighted by molar-refractivity contribution is -0.133. The number of hydrogen-bond acceptors (Lipinski definition) is 3. The van der Waals surface area contributed by atoms with E-state index in [9.17, 15) is 9.59 Å². The minimum Gasteiger partial charge on any atom is -0.497 e. The van der Waals surface area contributed by atoms with Gasteiger partial charge in [0.25, 0.3) is 5.91 Å². The van der Waals surface area contributed by atoms with Gasteiger partial charge in [-0.2, -0.15) is 0 Å². The Hall–Kier alpha value is -2.50. The van der Waals surface area contributed by atoms with Crippen molar-refractivity contribution in [2.45, 2.75) is 64.1 Å². The molecule has 0 saturated heterocycles. The number of nitrogens with zero attached hydrogens (tertiary/aromatic N) is 2. The third-order valence-electron chi connectivity index (χ3n) is 6.26. The molecule has 1 unspecified atom stereocenters. The number of rotatable bonds is 5. The minimum absolute atomic E-state index is 0.0448. The Kier molecular flexibility index (Phi) is 4.81. The molecule has 2 aliphatic rings. The minimum atomic E-state index is -0.905. The zero-order chi connectivity index (χ0) is 19.9. The molecule has 0 bridgehead atoms. The number of fused-ring (bicyclic) bond motifs is 3. The largest absolute Gasteiger partial charge is 0.497 e. The van der Waals surface area contributed by atoms with Crippen LogP contribution in [0.4, 0.5) is 0 Å². The lowest BCUT2D eigenvalue weighted by Gasteiger charge is -2.44. The van der Waals surface area contributed by atoms with Crippen molar-refractivity contribution in [3.8, 4) is 5.75 Å². The average Bonchev–Trinajstić information content (AvgIpc) is 3.32. The molecule has 150 valence electrons. The molecule has 6 nitrogen and oxygen atoms in total. The number of carbonyl (C=O) groups is 2. The third kappa shape index (κ3) is 2.95. The molecule has 6 heteroatoms. The van der Waals surface area contributed by atoms with Crippen molar-refractivity contribution in [3.63, 3.8) is 0 Å². The van der Waals surface area contributed by atoms with Gasteiger partial charge in [0, 0.05) is 24.0 Å². The van der Waals surface area contributed by atoms with Crippen molar-refractivity contribution in [1.29, 1.82) is 0 Å². The monoisotopic (exact) mass is 383 g/mol. The van der Waals surface area contributed by atoms with Crippen molar-refractivity contribution < 1.29 is 14.3 Å². The number of aromatic nitrogens is 1. The summed E-state index contributed by atoms with van der Waals surface area (Å²) in [5, 5.41) is 4.21. The van der Waals surface area contributed by atoms with Crippen LogP contribution in [-0.4, -0.2) is 46.5 Å². The van der Waals surface area contributed by atoms with E-state index in [0.29, 0.717) is 18.8 Å². The lowest BCUT2D eigenvalue weighted by atomic mass is 9.94. The molecule has 28 heavy (non-hydrogen) atoms. The Morgan fingerprint density at radius 3 is 2.71 bits per heavy atom. The highest BCUT2D eigenvalue weighted by molar-refractivity contribution is 6.03. The fourth-order valence-corrected chi connectivity index (χ4v) is 4.64. The van der Waals surface area contributed by atoms with E-state index >= 15 is 0 Å². The van der Waals surface area contributed by atoms with Crippen LogP contribution in [0.25, 0.3) is 10.9 Å². The third-order valence-corrected chi connectivity index (χ3v) is 6.26. The van der Waals surface area contributed by atoms with Gasteiger partial charge in [-0.3, -0.25) is 9.59 Å². The van der Waals surface area contributed by atoms with E-state index in [1.165, 1.54) is 0 Å². The van der Waals surface area contributed by atoms with E-state index in [0.717, 1.165) is 48.8 Å². The number of ether oxygens (including phenoxy) is 1. The van der Waals surface area contributed by atoms with Crippen molar-refractivity contribution in [1.82, 2.24) is 14.8 Å². The maximum atomic E-state index is 13.4. The summed E-state index contributed by atoms with van der Waals surface area (Å²) in [4.78, 5) is 28.5. The van der Waals surface area contributed by atoms with Gasteiger partial charge in [0.1, 0.15) is 17.0 Å². The molecule has 2 aromatic rings. The van der Waals surface area contributed by atoms with Gasteiger partial charge in [0.05, 0.1) is 19.2 Å². The highest BCUT2D eigenvalue weighted by Crippen LogP contribution is 2.34. The van der Waals surface area contributed by atoms with E-state index in [-0.39, 0.29) is 17.9 Å². The van der Waals surface area contributed by atoms with Crippen molar-refractivity contribution in [3.05, 3.63) is 30.0 Å². The molecule has 0 radical (unpaired) electrons. The van der Waals surface area contributed by atoms with E-state index < -0.39 is 5.54 Å². The van der Waals surface area contributed by atoms with Crippen molar-refractivity contribution in [2.24, 2.45) is 0 Å². The number of carbonyl (C=O) groups excluding carboxylic acids is 2. The second kappa shape index (κ2) is 7.15. The van der Waals surface area contributed by atoms with Crippen molar-refractivity contribution >= 4 is 22.7 Å². The molecular formula is C22H29N3O3. The molecule has 0 spiro atoms. The smallest absolute Gasteiger partial charge is 0.271 e. The van der Waals surface area contributed by atoms with Gasteiger partial charge < -0.3 is 19.5 Å². The van der Waals surface area contributed by atoms with Crippen LogP contribution in [0.15, 0.2) is 24.3 Å². The predicted molar refractivity (Wildman–Crippen MR) is 109 cm³/mol. The SMILES string of the molecule is CCCN1C(=O)c2cc3ccc(OC)cc3n2CC1(C)C(=O)NC1CCCC1. The molecule has 1 atom stereocenters. The van der Waals surface area contributed by atoms with Crippen LogP contribution in [0.3, 0.4) is 0 Å². The Balaban J connectivity index is 1.76. The van der Waals surface area contributed by atoms with Gasteiger partial charge in [-0.1, -0.05) is 19.8 Å². The highest BCUT2D eigenvalue weighted by Gasteiger charge is 2.47. The molecule has 4 rings (SSSR count). The zero-order valence-electron chi connectivity index (χ0n) is 17.0. The number of amides is 2. The van der Waals surface area contributed by atoms with Crippen LogP contribution in [-0.2, 0) is 11.3 Å². The van der Waals surface area contributed by atoms with Crippen LogP contribution in [0.1, 0.15) is 56.4 Å². The van der Waals surface area contributed by atoms with E-state index in [2.05, 4.69) is 5.32 Å². The summed E-state index contributed by atoms with van der Waals surface area (Å²) in [6.07, 6.45) is 5.18. The van der Waals surface area contributed by atoms with E-state index in [1.807, 2.05) is 42.7 Å². The molecule has 1 aliphatic carbocycles. The van der Waals surface area contributed by atoms with Crippen molar-refractivity contribution in [2.75, 3.05) is 13.7 Å². The fraction of sp³-hybridized carbons (Fsp3) is 0.545. The summed E-state index contributed by atoms with van der Waals surface area (Å²) in [5.41, 5.74) is 0.666. The van der Waals surface area contributed by atoms with Gasteiger partial charge in [-0.15, -0.1) is 0 Å². The maximum absolute atomic E-state index is 13.4. The Bertz CT molecular complexity index is 913. The molecule has 1 saturated carbocycles. The summed E-state index contributed by atoms with van der Waals surface area (Å²) in [6.45, 7) is 4.96. The normalized spacial score (nSPS) is 22.5. The molecule has 1 N–H and O–H groups in total. The molecule has 1 fully saturated rings. The molecule has 1 aromatic heterocycles. The summed E-state index contributed by atoms with van der Waals surface area (Å²) in [5.74, 6) is 0.623. The first-order valence-electron chi connectivity index (χ1n) is 10.3. The lowest BCUT2D eigenvalue weighted by Crippen LogP contribution is -2.64. The van der Waals surface area contributed by atoms with Crippen LogP contribution in [0.2, 0.25) is 0 Å². The second-order valence-electron chi connectivity index (χ2n) is 8.23. The van der Waals surface area contributed by atoms with Gasteiger partial charge >= 0.3 is 0 Å². The standard InChI is InChI=1S/C22H29N3O3/c1-4-11-25-20(26)19-12-15-9-10-17(28-3)13-18(15)24(19)14-22(25,2)21(27)23-16-7-5-6-8-16/h9-10,12-13,16H,4-8,11,14H2,1-3H3,(H,23,27). The van der Waals surface area contributed by atoms with Gasteiger partial charge in [-0.25, -0.2) is 0 Å². The summed E-state index contributed by atoms with van der Waals surface area (Å²) < 4.78 is 7.36. The number of hydrogen-bond donors (Lipinski definition) is 1. The number of methoxy groups -OCH3 is 1. The zero-order valence-corrected chi connectivity index (χ0v) is 17.0. The second-order valence-corrected chi connectivity index (χ2v) is 8.23. The number of benzene rings is 1. The summed E-state index contributed by atoms with van der Waals surface area (Å²) >= 11 is 0. The topological polar surface area (TPSA) is 63.6 Å². The van der Waals surface area contributed by atoms with Crippen LogP contribution < -0.4 is 10.1 Å². The molecule has 1 aromatic carbocycles. The highest BCUT2D eigenvalue weighted by atomic mass is 16.5. The Morgan fingerprint density at radius 2 is 2.04 bits per heavy atom. The first-order valence-corrected chi connectivity index (χ1v) is 10.3. The predicted octanol–water partition coefficient (Wildman–Crippen LogP) is 3.33. The Labute approximate surface area is 165 Å². The van der Waals surface area contributed by atoms with Gasteiger partial charge in [0.15, 0.2) is 0 Å². The van der Waals surface area contributed by atoms with E-state index in [1.54, 1.807) is 12.0 Å². The van der Waals surface area contributed by atoms with Crippen LogP contribution in [0.5, 0.6) is 5.75 Å². The average molecular weight is 383 g/mol. The summed E-state index contributed by atoms with van der Waals surface area (Å²) in [7, 11) is 1.63. The Morgan fingerprint density at radius 1 is 1.29 bits per heavy atom. The summed E-state index contributed by atoms with van der Waals surface area (Å²) in [6, 6.07) is 7.96. The fourth-order valence-electron chi connectivity index (χ4n) is 4.64. The molecule has 1 aliphatic heterocycles. The quantitative estimate of drug-likeness (QED) is 0.861. The molecule has 2 amide bonds. The van der Waals surface area contributed by atoms with Crippen LogP contribution in [0, 0.1) is 0 Å². The first-order chi connectivity index (χ1) is 13.5. The van der Waals surface area contributed by atoms with Gasteiger partial charge in [0.2, 0.25) is 5.91 Å². The van der Waals surface area contributed by atoms with E-state index in [4.69, 9.17) is 4.74 Å². The van der Waals surface area contributed by atoms with Crippen LogP contribution >= 0.6 is 0 Å². The molecular weight excluding hydrogens is 354 g/mol. The molecule has 2 heterocycles. The van der Waals surface area contributed by atoms with Gasteiger partial charge in [-0.05, 0) is 44.4 Å².